The highest BCUT2D eigenvalue weighted by Crippen LogP contribution is 2.33. The maximum absolute atomic E-state index is 12.0. The molecule has 0 radical (unpaired) electrons. The summed E-state index contributed by atoms with van der Waals surface area (Å²) >= 11 is 6.01. The largest absolute Gasteiger partial charge is 0.487 e. The van der Waals surface area contributed by atoms with E-state index in [4.69, 9.17) is 16.3 Å². The third-order valence-corrected chi connectivity index (χ3v) is 3.97. The van der Waals surface area contributed by atoms with Crippen molar-refractivity contribution in [1.29, 1.82) is 0 Å². The number of carbonyl (C=O) groups excluding carboxylic acids is 1. The van der Waals surface area contributed by atoms with Crippen LogP contribution in [0.2, 0.25) is 5.02 Å². The zero-order valence-corrected chi connectivity index (χ0v) is 11.5. The van der Waals surface area contributed by atoms with Crippen LogP contribution in [0, 0.1) is 5.92 Å². The lowest BCUT2D eigenvalue weighted by molar-refractivity contribution is -0.130. The minimum Gasteiger partial charge on any atom is -0.487 e. The summed E-state index contributed by atoms with van der Waals surface area (Å²) in [5.74, 6) is 1.56. The molecular formula is C14H17ClN2O2. The quantitative estimate of drug-likeness (QED) is 0.851. The average molecular weight is 281 g/mol. The molecular weight excluding hydrogens is 264 g/mol. The van der Waals surface area contributed by atoms with Crippen LogP contribution in [0.1, 0.15) is 25.7 Å². The predicted molar refractivity (Wildman–Crippen MR) is 72.2 cm³/mol. The monoisotopic (exact) mass is 280 g/mol. The Balaban J connectivity index is 1.54. The molecule has 0 N–H and O–H groups in total. The van der Waals surface area contributed by atoms with Crippen LogP contribution in [0.3, 0.4) is 0 Å². The van der Waals surface area contributed by atoms with Gasteiger partial charge in [-0.2, -0.15) is 0 Å². The van der Waals surface area contributed by atoms with Gasteiger partial charge in [0.2, 0.25) is 5.91 Å². The van der Waals surface area contributed by atoms with Crippen molar-refractivity contribution < 1.29 is 9.53 Å². The van der Waals surface area contributed by atoms with Gasteiger partial charge in [-0.3, -0.25) is 9.78 Å². The molecule has 1 aliphatic carbocycles. The highest BCUT2D eigenvalue weighted by molar-refractivity contribution is 6.31. The Bertz CT molecular complexity index is 476. The van der Waals surface area contributed by atoms with Crippen LogP contribution < -0.4 is 4.74 Å². The fourth-order valence-electron chi connectivity index (χ4n) is 2.39. The number of amides is 1. The van der Waals surface area contributed by atoms with Gasteiger partial charge < -0.3 is 9.64 Å². The third-order valence-electron chi connectivity index (χ3n) is 3.69. The summed E-state index contributed by atoms with van der Waals surface area (Å²) in [4.78, 5) is 17.8. The van der Waals surface area contributed by atoms with Crippen molar-refractivity contribution in [3.05, 3.63) is 23.5 Å². The summed E-state index contributed by atoms with van der Waals surface area (Å²) in [6.07, 6.45) is 7.28. The summed E-state index contributed by atoms with van der Waals surface area (Å²) < 4.78 is 5.84. The van der Waals surface area contributed by atoms with E-state index in [-0.39, 0.29) is 12.0 Å². The molecule has 1 saturated heterocycles. The number of hydrogen-bond donors (Lipinski definition) is 0. The molecule has 1 atom stereocenters. The number of pyridine rings is 1. The van der Waals surface area contributed by atoms with Gasteiger partial charge in [0.25, 0.3) is 0 Å². The number of likely N-dealkylation sites (tertiary alicyclic amines) is 1. The molecule has 2 fully saturated rings. The number of nitrogens with zero attached hydrogens (tertiary/aromatic N) is 2. The van der Waals surface area contributed by atoms with Crippen molar-refractivity contribution in [1.82, 2.24) is 9.88 Å². The standard InChI is InChI=1S/C14H17ClN2O2/c15-12-8-16-5-3-13(12)19-11-4-6-17(9-11)14(18)7-10-1-2-10/h3,5,8,10-11H,1-2,4,6-7,9H2/t11-/m1/s1. The van der Waals surface area contributed by atoms with E-state index in [1.54, 1.807) is 18.5 Å². The van der Waals surface area contributed by atoms with Gasteiger partial charge in [0.05, 0.1) is 6.54 Å². The number of aromatic nitrogens is 1. The van der Waals surface area contributed by atoms with Gasteiger partial charge in [-0.25, -0.2) is 0 Å². The highest BCUT2D eigenvalue weighted by Gasteiger charge is 2.31. The first-order valence-electron chi connectivity index (χ1n) is 6.76. The van der Waals surface area contributed by atoms with Gasteiger partial charge in [-0.1, -0.05) is 11.6 Å². The van der Waals surface area contributed by atoms with Crippen LogP contribution >= 0.6 is 11.6 Å². The average Bonchev–Trinajstić information content (AvgIpc) is 3.08. The Morgan fingerprint density at radius 1 is 1.47 bits per heavy atom. The minimum absolute atomic E-state index is 0.0445. The van der Waals surface area contributed by atoms with Crippen molar-refractivity contribution in [3.63, 3.8) is 0 Å². The number of rotatable bonds is 4. The van der Waals surface area contributed by atoms with E-state index in [1.807, 2.05) is 4.90 Å². The first kappa shape index (κ1) is 12.7. The molecule has 3 rings (SSSR count). The van der Waals surface area contributed by atoms with Crippen LogP contribution in [0.15, 0.2) is 18.5 Å². The summed E-state index contributed by atoms with van der Waals surface area (Å²) in [5.41, 5.74) is 0. The Labute approximate surface area is 117 Å². The molecule has 0 bridgehead atoms. The summed E-state index contributed by atoms with van der Waals surface area (Å²) in [6.45, 7) is 1.46. The third kappa shape index (κ3) is 3.18. The molecule has 2 aliphatic rings. The molecule has 1 saturated carbocycles. The summed E-state index contributed by atoms with van der Waals surface area (Å²) in [5, 5.41) is 0.519. The summed E-state index contributed by atoms with van der Waals surface area (Å²) in [6, 6.07) is 1.76. The number of halogens is 1. The van der Waals surface area contributed by atoms with Crippen molar-refractivity contribution >= 4 is 17.5 Å². The molecule has 0 spiro atoms. The first-order chi connectivity index (χ1) is 9.22. The van der Waals surface area contributed by atoms with Gasteiger partial charge in [0.1, 0.15) is 16.9 Å². The van der Waals surface area contributed by atoms with Crippen molar-refractivity contribution in [2.24, 2.45) is 5.92 Å². The van der Waals surface area contributed by atoms with Crippen molar-refractivity contribution in [3.8, 4) is 5.75 Å². The van der Waals surface area contributed by atoms with E-state index in [1.165, 1.54) is 12.8 Å². The molecule has 4 nitrogen and oxygen atoms in total. The van der Waals surface area contributed by atoms with Gasteiger partial charge >= 0.3 is 0 Å². The lowest BCUT2D eigenvalue weighted by atomic mass is 10.2. The zero-order valence-electron chi connectivity index (χ0n) is 10.7. The van der Waals surface area contributed by atoms with E-state index in [0.29, 0.717) is 29.7 Å². The van der Waals surface area contributed by atoms with E-state index in [9.17, 15) is 4.79 Å². The van der Waals surface area contributed by atoms with Gasteiger partial charge in [0.15, 0.2) is 0 Å². The maximum Gasteiger partial charge on any atom is 0.222 e. The number of hydrogen-bond acceptors (Lipinski definition) is 3. The van der Waals surface area contributed by atoms with Crippen molar-refractivity contribution in [2.75, 3.05) is 13.1 Å². The lowest BCUT2D eigenvalue weighted by Gasteiger charge is -2.17. The Hall–Kier alpha value is -1.29. The molecule has 1 aromatic heterocycles. The fourth-order valence-corrected chi connectivity index (χ4v) is 2.55. The second-order valence-corrected chi connectivity index (χ2v) is 5.73. The minimum atomic E-state index is 0.0445. The molecule has 0 aromatic carbocycles. The normalized spacial score (nSPS) is 22.6. The second kappa shape index (κ2) is 5.37. The van der Waals surface area contributed by atoms with Crippen LogP contribution in [0.4, 0.5) is 0 Å². The number of carbonyl (C=O) groups is 1. The molecule has 102 valence electrons. The van der Waals surface area contributed by atoms with Gasteiger partial charge in [-0.15, -0.1) is 0 Å². The first-order valence-corrected chi connectivity index (χ1v) is 7.14. The van der Waals surface area contributed by atoms with Gasteiger partial charge in [-0.05, 0) is 18.8 Å². The topological polar surface area (TPSA) is 42.4 Å². The van der Waals surface area contributed by atoms with Crippen LogP contribution in [0.5, 0.6) is 5.75 Å². The second-order valence-electron chi connectivity index (χ2n) is 5.32. The highest BCUT2D eigenvalue weighted by atomic mass is 35.5. The van der Waals surface area contributed by atoms with E-state index < -0.39 is 0 Å². The fraction of sp³-hybridized carbons (Fsp3) is 0.571. The zero-order chi connectivity index (χ0) is 13.2. The van der Waals surface area contributed by atoms with E-state index >= 15 is 0 Å². The van der Waals surface area contributed by atoms with Gasteiger partial charge in [0, 0.05) is 37.8 Å². The maximum atomic E-state index is 12.0. The molecule has 19 heavy (non-hydrogen) atoms. The molecule has 5 heteroatoms. The van der Waals surface area contributed by atoms with Crippen LogP contribution in [-0.2, 0) is 4.79 Å². The molecule has 0 unspecified atom stereocenters. The van der Waals surface area contributed by atoms with E-state index in [0.717, 1.165) is 13.0 Å². The molecule has 1 aliphatic heterocycles. The smallest absolute Gasteiger partial charge is 0.222 e. The molecule has 1 amide bonds. The SMILES string of the molecule is O=C(CC1CC1)N1CC[C@@H](Oc2ccncc2Cl)C1. The van der Waals surface area contributed by atoms with Crippen LogP contribution in [0.25, 0.3) is 0 Å². The van der Waals surface area contributed by atoms with E-state index in [2.05, 4.69) is 4.98 Å². The molecule has 2 heterocycles. The lowest BCUT2D eigenvalue weighted by Crippen LogP contribution is -2.31. The Kier molecular flexibility index (Phi) is 3.60. The van der Waals surface area contributed by atoms with Crippen molar-refractivity contribution in [2.45, 2.75) is 31.8 Å². The molecule has 1 aromatic rings. The summed E-state index contributed by atoms with van der Waals surface area (Å²) in [7, 11) is 0. The predicted octanol–water partition coefficient (Wildman–Crippen LogP) is 2.51. The number of ether oxygens (including phenoxy) is 1. The Morgan fingerprint density at radius 2 is 2.32 bits per heavy atom. The van der Waals surface area contributed by atoms with Crippen LogP contribution in [-0.4, -0.2) is 35.0 Å². The Morgan fingerprint density at radius 3 is 3.05 bits per heavy atom.